The van der Waals surface area contributed by atoms with Crippen molar-refractivity contribution in [3.63, 3.8) is 0 Å². The van der Waals surface area contributed by atoms with Gasteiger partial charge in [0.05, 0.1) is 11.3 Å². The SMILES string of the molecule is CCC(C)n1c(SCC(=O)Nc2cc(C)cc(C)c2)nc2ccsc2c1=O. The van der Waals surface area contributed by atoms with Gasteiger partial charge in [-0.3, -0.25) is 14.2 Å². The number of nitrogens with zero attached hydrogens (tertiary/aromatic N) is 2. The fourth-order valence-electron chi connectivity index (χ4n) is 2.95. The minimum absolute atomic E-state index is 0.0263. The summed E-state index contributed by atoms with van der Waals surface area (Å²) in [6.45, 7) is 8.05. The predicted octanol–water partition coefficient (Wildman–Crippen LogP) is 4.78. The van der Waals surface area contributed by atoms with E-state index in [1.165, 1.54) is 23.1 Å². The summed E-state index contributed by atoms with van der Waals surface area (Å²) < 4.78 is 2.38. The topological polar surface area (TPSA) is 64.0 Å². The molecule has 7 heteroatoms. The summed E-state index contributed by atoms with van der Waals surface area (Å²) in [6.07, 6.45) is 0.820. The number of amides is 1. The Morgan fingerprint density at radius 3 is 2.67 bits per heavy atom. The van der Waals surface area contributed by atoms with Crippen LogP contribution >= 0.6 is 23.1 Å². The number of carbonyl (C=O) groups is 1. The van der Waals surface area contributed by atoms with Gasteiger partial charge in [0.1, 0.15) is 4.70 Å². The van der Waals surface area contributed by atoms with Crippen LogP contribution in [0.15, 0.2) is 39.6 Å². The minimum atomic E-state index is -0.111. The van der Waals surface area contributed by atoms with Gasteiger partial charge in [-0.25, -0.2) is 4.98 Å². The largest absolute Gasteiger partial charge is 0.325 e. The van der Waals surface area contributed by atoms with Gasteiger partial charge in [-0.15, -0.1) is 11.3 Å². The molecule has 1 amide bonds. The summed E-state index contributed by atoms with van der Waals surface area (Å²) in [5.41, 5.74) is 3.67. The smallest absolute Gasteiger partial charge is 0.272 e. The van der Waals surface area contributed by atoms with E-state index >= 15 is 0 Å². The molecule has 142 valence electrons. The molecule has 2 heterocycles. The summed E-state index contributed by atoms with van der Waals surface area (Å²) in [4.78, 5) is 29.9. The second-order valence-electron chi connectivity index (χ2n) is 6.68. The van der Waals surface area contributed by atoms with E-state index in [0.29, 0.717) is 15.4 Å². The third-order valence-corrected chi connectivity index (χ3v) is 6.19. The highest BCUT2D eigenvalue weighted by atomic mass is 32.2. The molecule has 1 atom stereocenters. The molecule has 27 heavy (non-hydrogen) atoms. The number of aryl methyl sites for hydroxylation is 2. The van der Waals surface area contributed by atoms with E-state index < -0.39 is 0 Å². The number of hydrogen-bond donors (Lipinski definition) is 1. The highest BCUT2D eigenvalue weighted by Gasteiger charge is 2.17. The fraction of sp³-hybridized carbons (Fsp3) is 0.350. The van der Waals surface area contributed by atoms with E-state index in [0.717, 1.165) is 23.2 Å². The van der Waals surface area contributed by atoms with Crippen LogP contribution in [0.25, 0.3) is 10.2 Å². The Hall–Kier alpha value is -2.12. The zero-order valence-corrected chi connectivity index (χ0v) is 17.5. The molecule has 0 saturated heterocycles. The normalized spacial score (nSPS) is 12.3. The fourth-order valence-corrected chi connectivity index (χ4v) is 4.61. The lowest BCUT2D eigenvalue weighted by molar-refractivity contribution is -0.113. The zero-order chi connectivity index (χ0) is 19.6. The van der Waals surface area contributed by atoms with Gasteiger partial charge in [-0.1, -0.05) is 24.8 Å². The number of hydrogen-bond acceptors (Lipinski definition) is 5. The van der Waals surface area contributed by atoms with Gasteiger partial charge in [-0.2, -0.15) is 0 Å². The van der Waals surface area contributed by atoms with Crippen molar-refractivity contribution in [2.75, 3.05) is 11.1 Å². The van der Waals surface area contributed by atoms with Crippen molar-refractivity contribution in [3.8, 4) is 0 Å². The number of fused-ring (bicyclic) bond motifs is 1. The molecule has 3 rings (SSSR count). The standard InChI is InChI=1S/C20H23N3O2S2/c1-5-14(4)23-19(25)18-16(6-7-26-18)22-20(23)27-11-17(24)21-15-9-12(2)8-13(3)10-15/h6-10,14H,5,11H2,1-4H3,(H,21,24). The molecule has 1 N–H and O–H groups in total. The Morgan fingerprint density at radius 1 is 1.30 bits per heavy atom. The monoisotopic (exact) mass is 401 g/mol. The van der Waals surface area contributed by atoms with Gasteiger partial charge in [0.15, 0.2) is 5.16 Å². The second-order valence-corrected chi connectivity index (χ2v) is 8.53. The molecule has 0 aliphatic rings. The van der Waals surface area contributed by atoms with Gasteiger partial charge in [0.2, 0.25) is 5.91 Å². The molecule has 0 radical (unpaired) electrons. The molecule has 0 fully saturated rings. The van der Waals surface area contributed by atoms with Crippen molar-refractivity contribution in [1.82, 2.24) is 9.55 Å². The van der Waals surface area contributed by atoms with Crippen LogP contribution in [0.4, 0.5) is 5.69 Å². The van der Waals surface area contributed by atoms with E-state index in [2.05, 4.69) is 16.4 Å². The number of carbonyl (C=O) groups excluding carboxylic acids is 1. The van der Waals surface area contributed by atoms with Crippen LogP contribution in [0, 0.1) is 13.8 Å². The molecule has 0 spiro atoms. The minimum Gasteiger partial charge on any atom is -0.325 e. The van der Waals surface area contributed by atoms with Crippen molar-refractivity contribution in [3.05, 3.63) is 51.1 Å². The Labute approximate surface area is 166 Å². The summed E-state index contributed by atoms with van der Waals surface area (Å²) in [5.74, 6) is 0.0891. The summed E-state index contributed by atoms with van der Waals surface area (Å²) >= 11 is 2.71. The van der Waals surface area contributed by atoms with E-state index in [1.807, 2.05) is 51.3 Å². The van der Waals surface area contributed by atoms with Crippen molar-refractivity contribution >= 4 is 44.9 Å². The molecule has 0 aliphatic heterocycles. The van der Waals surface area contributed by atoms with Crippen LogP contribution in [0.3, 0.4) is 0 Å². The molecule has 3 aromatic rings. The van der Waals surface area contributed by atoms with Crippen LogP contribution in [-0.4, -0.2) is 21.2 Å². The van der Waals surface area contributed by atoms with E-state index in [1.54, 1.807) is 4.57 Å². The average Bonchev–Trinajstić information content (AvgIpc) is 3.07. The summed E-state index contributed by atoms with van der Waals surface area (Å²) in [6, 6.07) is 7.83. The zero-order valence-electron chi connectivity index (χ0n) is 15.9. The first-order chi connectivity index (χ1) is 12.9. The Kier molecular flexibility index (Phi) is 6.01. The van der Waals surface area contributed by atoms with Crippen molar-refractivity contribution in [1.29, 1.82) is 0 Å². The maximum atomic E-state index is 12.8. The first-order valence-corrected chi connectivity index (χ1v) is 10.8. The predicted molar refractivity (Wildman–Crippen MR) is 114 cm³/mol. The molecule has 5 nitrogen and oxygen atoms in total. The van der Waals surface area contributed by atoms with Crippen LogP contribution in [0.1, 0.15) is 37.4 Å². The maximum absolute atomic E-state index is 12.8. The average molecular weight is 402 g/mol. The van der Waals surface area contributed by atoms with Gasteiger partial charge in [0.25, 0.3) is 5.56 Å². The van der Waals surface area contributed by atoms with Crippen LogP contribution in [-0.2, 0) is 4.79 Å². The lowest BCUT2D eigenvalue weighted by atomic mass is 10.1. The lowest BCUT2D eigenvalue weighted by Crippen LogP contribution is -2.26. The maximum Gasteiger partial charge on any atom is 0.272 e. The first kappa shape index (κ1) is 19.6. The Bertz CT molecular complexity index is 1020. The highest BCUT2D eigenvalue weighted by Crippen LogP contribution is 2.24. The molecule has 1 aromatic carbocycles. The number of thiophene rings is 1. The molecule has 1 unspecified atom stereocenters. The summed E-state index contributed by atoms with van der Waals surface area (Å²) in [7, 11) is 0. The van der Waals surface area contributed by atoms with Gasteiger partial charge >= 0.3 is 0 Å². The third kappa shape index (κ3) is 4.42. The van der Waals surface area contributed by atoms with Gasteiger partial charge in [-0.05, 0) is 61.9 Å². The number of benzene rings is 1. The summed E-state index contributed by atoms with van der Waals surface area (Å²) in [5, 5.41) is 5.40. The molecule has 2 aromatic heterocycles. The van der Waals surface area contributed by atoms with Gasteiger partial charge < -0.3 is 5.32 Å². The molecular formula is C20H23N3O2S2. The number of rotatable bonds is 6. The number of aromatic nitrogens is 2. The quantitative estimate of drug-likeness (QED) is 0.477. The van der Waals surface area contributed by atoms with Crippen LogP contribution < -0.4 is 10.9 Å². The van der Waals surface area contributed by atoms with E-state index in [4.69, 9.17) is 0 Å². The molecule has 0 bridgehead atoms. The Balaban J connectivity index is 1.81. The number of nitrogens with one attached hydrogen (secondary N) is 1. The van der Waals surface area contributed by atoms with Crippen LogP contribution in [0.5, 0.6) is 0 Å². The van der Waals surface area contributed by atoms with E-state index in [9.17, 15) is 9.59 Å². The van der Waals surface area contributed by atoms with Crippen molar-refractivity contribution < 1.29 is 4.79 Å². The molecule has 0 saturated carbocycles. The van der Waals surface area contributed by atoms with Crippen molar-refractivity contribution in [2.24, 2.45) is 0 Å². The highest BCUT2D eigenvalue weighted by molar-refractivity contribution is 7.99. The number of thioether (sulfide) groups is 1. The first-order valence-electron chi connectivity index (χ1n) is 8.89. The Morgan fingerprint density at radius 2 is 2.00 bits per heavy atom. The van der Waals surface area contributed by atoms with E-state index in [-0.39, 0.29) is 23.3 Å². The van der Waals surface area contributed by atoms with Crippen LogP contribution in [0.2, 0.25) is 0 Å². The number of anilines is 1. The van der Waals surface area contributed by atoms with Crippen molar-refractivity contribution in [2.45, 2.75) is 45.3 Å². The third-order valence-electron chi connectivity index (χ3n) is 4.35. The second kappa shape index (κ2) is 8.27. The lowest BCUT2D eigenvalue weighted by Gasteiger charge is -2.17. The molecular weight excluding hydrogens is 378 g/mol. The molecule has 0 aliphatic carbocycles. The van der Waals surface area contributed by atoms with Gasteiger partial charge in [0, 0.05) is 11.7 Å².